The number of aryl methyl sites for hydroxylation is 2. The van der Waals surface area contributed by atoms with Gasteiger partial charge in [-0.2, -0.15) is 4.98 Å². The molecule has 3 rings (SSSR count). The van der Waals surface area contributed by atoms with Gasteiger partial charge < -0.3 is 24.8 Å². The summed E-state index contributed by atoms with van der Waals surface area (Å²) < 4.78 is 5.31. The van der Waals surface area contributed by atoms with Crippen LogP contribution in [0.25, 0.3) is 0 Å². The monoisotopic (exact) mass is 377 g/mol. The maximum absolute atomic E-state index is 12.9. The number of nitrogens with zero attached hydrogens (tertiary/aromatic N) is 3. The molecule has 0 radical (unpaired) electrons. The topological polar surface area (TPSA) is 108 Å². The lowest BCUT2D eigenvalue weighted by molar-refractivity contribution is -0.149. The Morgan fingerprint density at radius 3 is 2.67 bits per heavy atom. The largest absolute Gasteiger partial charge is 0.378 e. The molecule has 9 nitrogen and oxygen atoms in total. The minimum Gasteiger partial charge on any atom is -0.378 e. The summed E-state index contributed by atoms with van der Waals surface area (Å²) in [6, 6.07) is -0.472. The van der Waals surface area contributed by atoms with Gasteiger partial charge in [0.2, 0.25) is 11.8 Å². The van der Waals surface area contributed by atoms with Crippen LogP contribution in [0.3, 0.4) is 0 Å². The number of carbonyl (C=O) groups excluding carboxylic acids is 2. The van der Waals surface area contributed by atoms with Gasteiger partial charge in [0, 0.05) is 50.5 Å². The van der Waals surface area contributed by atoms with Gasteiger partial charge in [-0.3, -0.25) is 9.59 Å². The molecule has 2 N–H and O–H groups in total. The van der Waals surface area contributed by atoms with Gasteiger partial charge >= 0.3 is 5.69 Å². The summed E-state index contributed by atoms with van der Waals surface area (Å²) in [6.07, 6.45) is 0.769. The maximum Gasteiger partial charge on any atom is 0.345 e. The molecule has 0 bridgehead atoms. The number of aromatic amines is 1. The lowest BCUT2D eigenvalue weighted by atomic mass is 10.0. The third kappa shape index (κ3) is 4.54. The summed E-state index contributed by atoms with van der Waals surface area (Å²) in [5.41, 5.74) is 1.89. The summed E-state index contributed by atoms with van der Waals surface area (Å²) in [5.74, 6) is -0.0648. The average Bonchev–Trinajstić information content (AvgIpc) is 2.67. The molecule has 2 amide bonds. The van der Waals surface area contributed by atoms with Gasteiger partial charge in [0.1, 0.15) is 6.04 Å². The molecule has 3 heterocycles. The number of rotatable bonds is 4. The number of H-pyrrole nitrogens is 1. The van der Waals surface area contributed by atoms with Crippen LogP contribution in [0.2, 0.25) is 0 Å². The molecule has 0 aliphatic carbocycles. The Bertz CT molecular complexity index is 730. The predicted octanol–water partition coefficient (Wildman–Crippen LogP) is -1.02. The first-order chi connectivity index (χ1) is 13.0. The lowest BCUT2D eigenvalue weighted by Crippen LogP contribution is -2.61. The molecule has 2 aliphatic rings. The second-order valence-corrected chi connectivity index (χ2v) is 6.98. The van der Waals surface area contributed by atoms with Crippen LogP contribution in [0, 0.1) is 13.8 Å². The molecule has 0 saturated carbocycles. The molecule has 9 heteroatoms. The highest BCUT2D eigenvalue weighted by Crippen LogP contribution is 2.14. The quantitative estimate of drug-likeness (QED) is 0.695. The number of piperazine rings is 1. The third-order valence-electron chi connectivity index (χ3n) is 5.21. The molecule has 2 fully saturated rings. The van der Waals surface area contributed by atoms with Crippen molar-refractivity contribution in [3.8, 4) is 0 Å². The van der Waals surface area contributed by atoms with Crippen LogP contribution in [0.1, 0.15) is 23.4 Å². The van der Waals surface area contributed by atoms with Gasteiger partial charge in [-0.1, -0.05) is 0 Å². The number of hydrogen-bond acceptors (Lipinski definition) is 6. The van der Waals surface area contributed by atoms with Gasteiger partial charge in [-0.05, 0) is 25.8 Å². The van der Waals surface area contributed by atoms with Gasteiger partial charge in [0.25, 0.3) is 0 Å². The molecule has 1 aromatic heterocycles. The number of amides is 2. The van der Waals surface area contributed by atoms with E-state index in [0.717, 1.165) is 11.3 Å². The highest BCUT2D eigenvalue weighted by atomic mass is 16.5. The SMILES string of the molecule is Cc1nc(=O)[nH]c(C)c1CCC(=O)N1CCNC[C@H]1C(=O)N1CCOCC1. The van der Waals surface area contributed by atoms with Crippen LogP contribution in [0.4, 0.5) is 0 Å². The maximum atomic E-state index is 12.9. The van der Waals surface area contributed by atoms with Crippen LogP contribution in [-0.4, -0.2) is 83.6 Å². The van der Waals surface area contributed by atoms with Crippen LogP contribution < -0.4 is 11.0 Å². The molecule has 1 aromatic rings. The first-order valence-corrected chi connectivity index (χ1v) is 9.40. The van der Waals surface area contributed by atoms with Gasteiger partial charge in [-0.15, -0.1) is 0 Å². The molecular formula is C18H27N5O4. The highest BCUT2D eigenvalue weighted by Gasteiger charge is 2.35. The van der Waals surface area contributed by atoms with E-state index in [1.54, 1.807) is 16.7 Å². The first kappa shape index (κ1) is 19.5. The number of carbonyl (C=O) groups is 2. The molecule has 0 unspecified atom stereocenters. The zero-order valence-electron chi connectivity index (χ0n) is 15.9. The predicted molar refractivity (Wildman–Crippen MR) is 98.4 cm³/mol. The Morgan fingerprint density at radius 1 is 1.22 bits per heavy atom. The molecule has 27 heavy (non-hydrogen) atoms. The minimum atomic E-state index is -0.472. The third-order valence-corrected chi connectivity index (χ3v) is 5.21. The van der Waals surface area contributed by atoms with Crippen molar-refractivity contribution in [1.82, 2.24) is 25.1 Å². The fourth-order valence-corrected chi connectivity index (χ4v) is 3.72. The Balaban J connectivity index is 1.66. The zero-order valence-corrected chi connectivity index (χ0v) is 15.9. The van der Waals surface area contributed by atoms with E-state index in [-0.39, 0.29) is 23.9 Å². The second-order valence-electron chi connectivity index (χ2n) is 6.98. The van der Waals surface area contributed by atoms with Gasteiger partial charge in [0.05, 0.1) is 13.2 Å². The Labute approximate surface area is 158 Å². The van der Waals surface area contributed by atoms with Crippen molar-refractivity contribution in [2.75, 3.05) is 45.9 Å². The Kier molecular flexibility index (Phi) is 6.22. The zero-order chi connectivity index (χ0) is 19.4. The average molecular weight is 377 g/mol. The molecule has 0 aromatic carbocycles. The summed E-state index contributed by atoms with van der Waals surface area (Å²) in [6.45, 7) is 7.47. The molecule has 148 valence electrons. The first-order valence-electron chi connectivity index (χ1n) is 9.40. The van der Waals surface area contributed by atoms with E-state index in [0.29, 0.717) is 58.1 Å². The van der Waals surface area contributed by atoms with E-state index in [2.05, 4.69) is 15.3 Å². The minimum absolute atomic E-state index is 0.0167. The summed E-state index contributed by atoms with van der Waals surface area (Å²) in [4.78, 5) is 47.2. The smallest absolute Gasteiger partial charge is 0.345 e. The summed E-state index contributed by atoms with van der Waals surface area (Å²) >= 11 is 0. The second kappa shape index (κ2) is 8.62. The number of ether oxygens (including phenoxy) is 1. The van der Waals surface area contributed by atoms with Crippen molar-refractivity contribution < 1.29 is 14.3 Å². The fourth-order valence-electron chi connectivity index (χ4n) is 3.72. The molecule has 2 aliphatic heterocycles. The van der Waals surface area contributed by atoms with Crippen LogP contribution in [0.5, 0.6) is 0 Å². The summed E-state index contributed by atoms with van der Waals surface area (Å²) in [5, 5.41) is 3.22. The van der Waals surface area contributed by atoms with Crippen molar-refractivity contribution in [3.63, 3.8) is 0 Å². The Hall–Kier alpha value is -2.26. The van der Waals surface area contributed by atoms with E-state index >= 15 is 0 Å². The number of nitrogens with one attached hydrogen (secondary N) is 2. The van der Waals surface area contributed by atoms with E-state index in [9.17, 15) is 14.4 Å². The van der Waals surface area contributed by atoms with Crippen LogP contribution in [-0.2, 0) is 20.7 Å². The lowest BCUT2D eigenvalue weighted by Gasteiger charge is -2.39. The van der Waals surface area contributed by atoms with E-state index in [1.807, 2.05) is 6.92 Å². The van der Waals surface area contributed by atoms with Crippen molar-refractivity contribution in [3.05, 3.63) is 27.4 Å². The normalized spacial score (nSPS) is 20.6. The van der Waals surface area contributed by atoms with E-state index in [4.69, 9.17) is 4.74 Å². The summed E-state index contributed by atoms with van der Waals surface area (Å²) in [7, 11) is 0. The molecule has 0 spiro atoms. The number of morpholine rings is 1. The Morgan fingerprint density at radius 2 is 1.96 bits per heavy atom. The molecule has 1 atom stereocenters. The van der Waals surface area contributed by atoms with Crippen molar-refractivity contribution in [2.24, 2.45) is 0 Å². The standard InChI is InChI=1S/C18H27N5O4/c1-12-14(13(2)21-18(26)20-12)3-4-16(24)23-6-5-19-11-15(23)17(25)22-7-9-27-10-8-22/h15,19H,3-11H2,1-2H3,(H,20,21,26)/t15-/m0/s1. The van der Waals surface area contributed by atoms with Crippen molar-refractivity contribution in [2.45, 2.75) is 32.7 Å². The molecular weight excluding hydrogens is 350 g/mol. The van der Waals surface area contributed by atoms with Gasteiger partial charge in [0.15, 0.2) is 0 Å². The van der Waals surface area contributed by atoms with Gasteiger partial charge in [-0.25, -0.2) is 4.79 Å². The fraction of sp³-hybridized carbons (Fsp3) is 0.667. The van der Waals surface area contributed by atoms with Crippen LogP contribution in [0.15, 0.2) is 4.79 Å². The van der Waals surface area contributed by atoms with Crippen LogP contribution >= 0.6 is 0 Å². The van der Waals surface area contributed by atoms with E-state index in [1.165, 1.54) is 0 Å². The van der Waals surface area contributed by atoms with Crippen molar-refractivity contribution in [1.29, 1.82) is 0 Å². The highest BCUT2D eigenvalue weighted by molar-refractivity contribution is 5.88. The molecule has 2 saturated heterocycles. The van der Waals surface area contributed by atoms with E-state index < -0.39 is 6.04 Å². The van der Waals surface area contributed by atoms with Crippen molar-refractivity contribution >= 4 is 11.8 Å². The number of hydrogen-bond donors (Lipinski definition) is 2. The number of aromatic nitrogens is 2.